The Labute approximate surface area is 178 Å². The lowest BCUT2D eigenvalue weighted by Gasteiger charge is -2.12. The first kappa shape index (κ1) is 19.0. The van der Waals surface area contributed by atoms with Crippen molar-refractivity contribution in [2.24, 2.45) is 0 Å². The zero-order chi connectivity index (χ0) is 20.8. The van der Waals surface area contributed by atoms with E-state index in [1.807, 2.05) is 21.5 Å². The van der Waals surface area contributed by atoms with Crippen molar-refractivity contribution in [2.75, 3.05) is 5.32 Å². The van der Waals surface area contributed by atoms with Crippen molar-refractivity contribution in [3.63, 3.8) is 0 Å². The fraction of sp³-hybridized carbons (Fsp3) is 0.364. The number of nitrogens with zero attached hydrogens (tertiary/aromatic N) is 5. The maximum atomic E-state index is 13.3. The Morgan fingerprint density at radius 3 is 2.83 bits per heavy atom. The van der Waals surface area contributed by atoms with Crippen molar-refractivity contribution < 1.29 is 4.79 Å². The summed E-state index contributed by atoms with van der Waals surface area (Å²) in [6, 6.07) is 6.04. The Hall–Kier alpha value is -3.00. The van der Waals surface area contributed by atoms with E-state index in [0.29, 0.717) is 23.8 Å². The third-order valence-electron chi connectivity index (χ3n) is 5.54. The summed E-state index contributed by atoms with van der Waals surface area (Å²) < 4.78 is 3.72. The molecule has 0 aliphatic heterocycles. The van der Waals surface area contributed by atoms with E-state index in [-0.39, 0.29) is 11.9 Å². The van der Waals surface area contributed by atoms with E-state index in [9.17, 15) is 4.79 Å². The summed E-state index contributed by atoms with van der Waals surface area (Å²) in [4.78, 5) is 19.4. The van der Waals surface area contributed by atoms with Crippen molar-refractivity contribution >= 4 is 34.1 Å². The topological polar surface area (TPSA) is 77.6 Å². The first-order valence-electron chi connectivity index (χ1n) is 10.3. The molecule has 0 aromatic carbocycles. The van der Waals surface area contributed by atoms with Gasteiger partial charge in [-0.25, -0.2) is 14.3 Å². The van der Waals surface area contributed by atoms with Crippen LogP contribution >= 0.6 is 11.3 Å². The number of carbonyl (C=O) groups is 1. The van der Waals surface area contributed by atoms with Crippen LogP contribution in [0.25, 0.3) is 11.0 Å². The van der Waals surface area contributed by atoms with Crippen LogP contribution < -0.4 is 5.32 Å². The smallest absolute Gasteiger partial charge is 0.257 e. The molecule has 0 saturated heterocycles. The number of aryl methyl sites for hydroxylation is 1. The molecule has 0 radical (unpaired) electrons. The van der Waals surface area contributed by atoms with Crippen LogP contribution in [-0.4, -0.2) is 30.5 Å². The van der Waals surface area contributed by atoms with Crippen LogP contribution in [0.4, 0.5) is 5.82 Å². The maximum Gasteiger partial charge on any atom is 0.257 e. The predicted octanol–water partition coefficient (Wildman–Crippen LogP) is 4.76. The van der Waals surface area contributed by atoms with Gasteiger partial charge in [-0.15, -0.1) is 11.3 Å². The highest BCUT2D eigenvalue weighted by Gasteiger charge is 2.28. The molecular formula is C22H24N6OS. The van der Waals surface area contributed by atoms with Gasteiger partial charge in [-0.1, -0.05) is 0 Å². The minimum Gasteiger partial charge on any atom is -0.307 e. The number of thiophene rings is 1. The average Bonchev–Trinajstić information content (AvgIpc) is 3.13. The number of nitrogens with one attached hydrogen (secondary N) is 1. The van der Waals surface area contributed by atoms with Gasteiger partial charge in [-0.05, 0) is 56.7 Å². The van der Waals surface area contributed by atoms with Crippen LogP contribution in [0.2, 0.25) is 0 Å². The second kappa shape index (κ2) is 7.36. The molecule has 0 atom stereocenters. The van der Waals surface area contributed by atoms with E-state index in [2.05, 4.69) is 47.7 Å². The molecule has 5 rings (SSSR count). The van der Waals surface area contributed by atoms with Gasteiger partial charge in [0.2, 0.25) is 0 Å². The lowest BCUT2D eigenvalue weighted by Crippen LogP contribution is -2.17. The third-order valence-corrected chi connectivity index (χ3v) is 6.54. The lowest BCUT2D eigenvalue weighted by molar-refractivity contribution is 0.102. The highest BCUT2D eigenvalue weighted by atomic mass is 32.1. The molecule has 1 amide bonds. The van der Waals surface area contributed by atoms with Crippen molar-refractivity contribution in [1.82, 2.24) is 24.5 Å². The summed E-state index contributed by atoms with van der Waals surface area (Å²) in [7, 11) is 0. The van der Waals surface area contributed by atoms with Crippen LogP contribution in [0.3, 0.4) is 0 Å². The number of rotatable bonds is 6. The second-order valence-electron chi connectivity index (χ2n) is 8.14. The molecule has 4 aromatic rings. The fourth-order valence-corrected chi connectivity index (χ4v) is 4.53. The fourth-order valence-electron chi connectivity index (χ4n) is 3.64. The SMILES string of the molecule is Cc1ccsc1Cn1nccc1NC(=O)c1cc(C2CC2)nc2c1cnn2C(C)C. The Morgan fingerprint density at radius 2 is 2.13 bits per heavy atom. The number of fused-ring (bicyclic) bond motifs is 1. The standard InChI is InChI=1S/C22H24N6OS/c1-13(2)28-21-17(11-24-28)16(10-18(25-21)15-4-5-15)22(29)26-20-6-8-23-27(20)12-19-14(3)7-9-30-19/h6-11,13,15H,4-5,12H2,1-3H3,(H,26,29). The molecule has 1 aliphatic rings. The van der Waals surface area contributed by atoms with Gasteiger partial charge >= 0.3 is 0 Å². The number of hydrogen-bond donors (Lipinski definition) is 1. The van der Waals surface area contributed by atoms with E-state index in [1.165, 1.54) is 10.4 Å². The number of pyridine rings is 1. The average molecular weight is 421 g/mol. The minimum atomic E-state index is -0.155. The number of anilines is 1. The van der Waals surface area contributed by atoms with Gasteiger partial charge in [0.1, 0.15) is 5.82 Å². The Balaban J connectivity index is 1.49. The quantitative estimate of drug-likeness (QED) is 0.488. The predicted molar refractivity (Wildman–Crippen MR) is 118 cm³/mol. The minimum absolute atomic E-state index is 0.155. The molecule has 8 heteroatoms. The number of aromatic nitrogens is 5. The molecule has 154 valence electrons. The van der Waals surface area contributed by atoms with Gasteiger partial charge < -0.3 is 5.32 Å². The molecular weight excluding hydrogens is 396 g/mol. The molecule has 4 aromatic heterocycles. The molecule has 0 bridgehead atoms. The van der Waals surface area contributed by atoms with Crippen LogP contribution in [0.1, 0.15) is 65.1 Å². The summed E-state index contributed by atoms with van der Waals surface area (Å²) in [6.07, 6.45) is 5.72. The third kappa shape index (κ3) is 3.41. The van der Waals surface area contributed by atoms with Gasteiger partial charge in [-0.2, -0.15) is 10.2 Å². The van der Waals surface area contributed by atoms with Crippen molar-refractivity contribution in [3.8, 4) is 0 Å². The summed E-state index contributed by atoms with van der Waals surface area (Å²) in [5.74, 6) is 0.975. The van der Waals surface area contributed by atoms with E-state index in [4.69, 9.17) is 4.98 Å². The van der Waals surface area contributed by atoms with Gasteiger partial charge in [0, 0.05) is 28.6 Å². The highest BCUT2D eigenvalue weighted by molar-refractivity contribution is 7.10. The molecule has 7 nitrogen and oxygen atoms in total. The highest BCUT2D eigenvalue weighted by Crippen LogP contribution is 2.40. The molecule has 4 heterocycles. The zero-order valence-corrected chi connectivity index (χ0v) is 18.1. The van der Waals surface area contributed by atoms with Crippen LogP contribution in [0.15, 0.2) is 36.0 Å². The van der Waals surface area contributed by atoms with E-state index < -0.39 is 0 Å². The number of carbonyl (C=O) groups excluding carboxylic acids is 1. The molecule has 0 unspecified atom stereocenters. The van der Waals surface area contributed by atoms with Gasteiger partial charge in [-0.3, -0.25) is 4.79 Å². The largest absolute Gasteiger partial charge is 0.307 e. The zero-order valence-electron chi connectivity index (χ0n) is 17.3. The Kier molecular flexibility index (Phi) is 4.66. The van der Waals surface area contributed by atoms with Crippen molar-refractivity contribution in [2.45, 2.75) is 52.1 Å². The van der Waals surface area contributed by atoms with Crippen molar-refractivity contribution in [3.05, 3.63) is 57.7 Å². The second-order valence-corrected chi connectivity index (χ2v) is 9.14. The summed E-state index contributed by atoms with van der Waals surface area (Å²) in [5.41, 5.74) is 3.62. The van der Waals surface area contributed by atoms with E-state index in [1.54, 1.807) is 23.7 Å². The molecule has 1 saturated carbocycles. The molecule has 1 fully saturated rings. The van der Waals surface area contributed by atoms with Crippen molar-refractivity contribution in [1.29, 1.82) is 0 Å². The molecule has 1 N–H and O–H groups in total. The first-order valence-corrected chi connectivity index (χ1v) is 11.1. The normalized spacial score (nSPS) is 14.0. The van der Waals surface area contributed by atoms with E-state index in [0.717, 1.165) is 29.6 Å². The molecule has 0 spiro atoms. The first-order chi connectivity index (χ1) is 14.5. The Bertz CT molecular complexity index is 1230. The number of hydrogen-bond acceptors (Lipinski definition) is 5. The number of amides is 1. The monoisotopic (exact) mass is 420 g/mol. The lowest BCUT2D eigenvalue weighted by atomic mass is 10.1. The summed E-state index contributed by atoms with van der Waals surface area (Å²) in [6.45, 7) is 6.87. The van der Waals surface area contributed by atoms with Crippen LogP contribution in [0.5, 0.6) is 0 Å². The molecule has 1 aliphatic carbocycles. The van der Waals surface area contributed by atoms with Gasteiger partial charge in [0.25, 0.3) is 5.91 Å². The summed E-state index contributed by atoms with van der Waals surface area (Å²) >= 11 is 1.70. The maximum absolute atomic E-state index is 13.3. The van der Waals surface area contributed by atoms with Gasteiger partial charge in [0.15, 0.2) is 5.65 Å². The molecule has 30 heavy (non-hydrogen) atoms. The Morgan fingerprint density at radius 1 is 1.30 bits per heavy atom. The van der Waals surface area contributed by atoms with Crippen LogP contribution in [0, 0.1) is 6.92 Å². The van der Waals surface area contributed by atoms with Gasteiger partial charge in [0.05, 0.1) is 29.9 Å². The van der Waals surface area contributed by atoms with E-state index >= 15 is 0 Å². The summed E-state index contributed by atoms with van der Waals surface area (Å²) in [5, 5.41) is 14.8. The van der Waals surface area contributed by atoms with Crippen LogP contribution in [-0.2, 0) is 6.54 Å².